The number of nitrogens with one attached hydrogen (secondary N) is 1. The van der Waals surface area contributed by atoms with Crippen molar-refractivity contribution >= 4 is 0 Å². The monoisotopic (exact) mass is 242 g/mol. The molecule has 0 radical (unpaired) electrons. The molecule has 1 aromatic carbocycles. The highest BCUT2D eigenvalue weighted by Gasteiger charge is 2.08. The first-order valence-corrected chi connectivity index (χ1v) is 6.49. The third-order valence-electron chi connectivity index (χ3n) is 3.78. The van der Waals surface area contributed by atoms with Crippen LogP contribution in [-0.2, 0) is 13.6 Å². The number of hydrogen-bond donors (Lipinski definition) is 1. The summed E-state index contributed by atoms with van der Waals surface area (Å²) in [6.45, 7) is 7.46. The molecule has 2 aromatic rings. The molecule has 1 heterocycles. The number of benzene rings is 1. The third-order valence-corrected chi connectivity index (χ3v) is 3.78. The van der Waals surface area contributed by atoms with Crippen LogP contribution in [0.15, 0.2) is 36.4 Å². The first-order chi connectivity index (χ1) is 8.59. The molecular weight excluding hydrogens is 220 g/mol. The van der Waals surface area contributed by atoms with Crippen molar-refractivity contribution in [3.8, 4) is 0 Å². The van der Waals surface area contributed by atoms with Crippen molar-refractivity contribution in [3.05, 3.63) is 58.9 Å². The Hall–Kier alpha value is -1.54. The molecule has 0 amide bonds. The van der Waals surface area contributed by atoms with Crippen molar-refractivity contribution in [1.29, 1.82) is 0 Å². The Bertz CT molecular complexity index is 511. The van der Waals surface area contributed by atoms with Gasteiger partial charge in [0.05, 0.1) is 0 Å². The molecule has 0 unspecified atom stereocenters. The zero-order chi connectivity index (χ0) is 13.1. The van der Waals surface area contributed by atoms with Crippen LogP contribution in [-0.4, -0.2) is 4.57 Å². The van der Waals surface area contributed by atoms with E-state index in [9.17, 15) is 0 Å². The number of hydrogen-bond acceptors (Lipinski definition) is 1. The Morgan fingerprint density at radius 2 is 1.83 bits per heavy atom. The van der Waals surface area contributed by atoms with Gasteiger partial charge in [-0.25, -0.2) is 0 Å². The van der Waals surface area contributed by atoms with Gasteiger partial charge in [-0.2, -0.15) is 0 Å². The SMILES string of the molecule is Cc1cc(CN[C@@H](C)c2ccccc2)c(C)n1C. The summed E-state index contributed by atoms with van der Waals surface area (Å²) in [6.07, 6.45) is 0. The van der Waals surface area contributed by atoms with Crippen LogP contribution in [0.1, 0.15) is 35.5 Å². The Morgan fingerprint density at radius 1 is 1.17 bits per heavy atom. The molecule has 1 aromatic heterocycles. The van der Waals surface area contributed by atoms with Gasteiger partial charge in [0, 0.05) is 31.0 Å². The van der Waals surface area contributed by atoms with E-state index >= 15 is 0 Å². The zero-order valence-corrected chi connectivity index (χ0v) is 11.7. The minimum atomic E-state index is 0.381. The molecule has 0 spiro atoms. The first-order valence-electron chi connectivity index (χ1n) is 6.49. The molecule has 0 fully saturated rings. The van der Waals surface area contributed by atoms with Gasteiger partial charge in [-0.1, -0.05) is 30.3 Å². The predicted molar refractivity (Wildman–Crippen MR) is 76.6 cm³/mol. The summed E-state index contributed by atoms with van der Waals surface area (Å²) in [6, 6.07) is 13.2. The van der Waals surface area contributed by atoms with Crippen LogP contribution < -0.4 is 5.32 Å². The van der Waals surface area contributed by atoms with Crippen molar-refractivity contribution in [1.82, 2.24) is 9.88 Å². The Balaban J connectivity index is 2.02. The van der Waals surface area contributed by atoms with Crippen LogP contribution in [0.5, 0.6) is 0 Å². The Kier molecular flexibility index (Phi) is 3.87. The molecule has 96 valence electrons. The van der Waals surface area contributed by atoms with Crippen LogP contribution in [0, 0.1) is 13.8 Å². The lowest BCUT2D eigenvalue weighted by molar-refractivity contribution is 0.572. The molecule has 0 aliphatic heterocycles. The van der Waals surface area contributed by atoms with Crippen molar-refractivity contribution in [2.24, 2.45) is 7.05 Å². The average Bonchev–Trinajstić information content (AvgIpc) is 2.64. The highest BCUT2D eigenvalue weighted by molar-refractivity contribution is 5.26. The van der Waals surface area contributed by atoms with Crippen LogP contribution >= 0.6 is 0 Å². The molecule has 0 saturated carbocycles. The minimum Gasteiger partial charge on any atom is -0.352 e. The van der Waals surface area contributed by atoms with Crippen molar-refractivity contribution in [2.45, 2.75) is 33.4 Å². The van der Waals surface area contributed by atoms with E-state index < -0.39 is 0 Å². The molecule has 0 bridgehead atoms. The Morgan fingerprint density at radius 3 is 2.39 bits per heavy atom. The number of aromatic nitrogens is 1. The van der Waals surface area contributed by atoms with E-state index in [-0.39, 0.29) is 0 Å². The molecule has 2 heteroatoms. The topological polar surface area (TPSA) is 17.0 Å². The van der Waals surface area contributed by atoms with E-state index in [0.717, 1.165) is 6.54 Å². The van der Waals surface area contributed by atoms with Gasteiger partial charge in [0.1, 0.15) is 0 Å². The summed E-state index contributed by atoms with van der Waals surface area (Å²) < 4.78 is 2.24. The van der Waals surface area contributed by atoms with Gasteiger partial charge in [-0.05, 0) is 38.0 Å². The van der Waals surface area contributed by atoms with Crippen LogP contribution in [0.2, 0.25) is 0 Å². The lowest BCUT2D eigenvalue weighted by Gasteiger charge is -2.14. The second kappa shape index (κ2) is 5.40. The number of nitrogens with zero attached hydrogens (tertiary/aromatic N) is 1. The molecule has 1 atom stereocenters. The predicted octanol–water partition coefficient (Wildman–Crippen LogP) is 3.49. The third kappa shape index (κ3) is 2.65. The van der Waals surface area contributed by atoms with E-state index in [2.05, 4.69) is 74.1 Å². The van der Waals surface area contributed by atoms with Gasteiger partial charge in [-0.15, -0.1) is 0 Å². The fraction of sp³-hybridized carbons (Fsp3) is 0.375. The second-order valence-corrected chi connectivity index (χ2v) is 4.97. The quantitative estimate of drug-likeness (QED) is 0.868. The van der Waals surface area contributed by atoms with Crippen LogP contribution in [0.4, 0.5) is 0 Å². The zero-order valence-electron chi connectivity index (χ0n) is 11.7. The van der Waals surface area contributed by atoms with Gasteiger partial charge in [-0.3, -0.25) is 0 Å². The highest BCUT2D eigenvalue weighted by atomic mass is 15.0. The maximum Gasteiger partial charge on any atom is 0.0294 e. The second-order valence-electron chi connectivity index (χ2n) is 4.97. The van der Waals surface area contributed by atoms with Gasteiger partial charge < -0.3 is 9.88 Å². The summed E-state index contributed by atoms with van der Waals surface area (Å²) in [4.78, 5) is 0. The summed E-state index contributed by atoms with van der Waals surface area (Å²) in [5.74, 6) is 0. The van der Waals surface area contributed by atoms with E-state index in [1.54, 1.807) is 0 Å². The summed E-state index contributed by atoms with van der Waals surface area (Å²) in [5.41, 5.74) is 5.39. The van der Waals surface area contributed by atoms with E-state index in [0.29, 0.717) is 6.04 Å². The Labute approximate surface area is 110 Å². The standard InChI is InChI=1S/C16H22N2/c1-12-10-16(14(3)18(12)4)11-17-13(2)15-8-6-5-7-9-15/h5-10,13,17H,11H2,1-4H3/t13-/m0/s1. The molecule has 2 nitrogen and oxygen atoms in total. The molecule has 1 N–H and O–H groups in total. The van der Waals surface area contributed by atoms with Gasteiger partial charge in [0.2, 0.25) is 0 Å². The molecule has 18 heavy (non-hydrogen) atoms. The molecule has 0 aliphatic carbocycles. The lowest BCUT2D eigenvalue weighted by atomic mass is 10.1. The minimum absolute atomic E-state index is 0.381. The average molecular weight is 242 g/mol. The lowest BCUT2D eigenvalue weighted by Crippen LogP contribution is -2.18. The largest absolute Gasteiger partial charge is 0.352 e. The number of rotatable bonds is 4. The smallest absolute Gasteiger partial charge is 0.0294 e. The van der Waals surface area contributed by atoms with Crippen molar-refractivity contribution in [3.63, 3.8) is 0 Å². The summed E-state index contributed by atoms with van der Waals surface area (Å²) in [7, 11) is 2.12. The van der Waals surface area contributed by atoms with E-state index in [4.69, 9.17) is 0 Å². The fourth-order valence-corrected chi connectivity index (χ4v) is 2.23. The van der Waals surface area contributed by atoms with E-state index in [1.165, 1.54) is 22.5 Å². The highest BCUT2D eigenvalue weighted by Crippen LogP contribution is 2.16. The van der Waals surface area contributed by atoms with Gasteiger partial charge in [0.15, 0.2) is 0 Å². The van der Waals surface area contributed by atoms with Gasteiger partial charge in [0.25, 0.3) is 0 Å². The van der Waals surface area contributed by atoms with Crippen LogP contribution in [0.3, 0.4) is 0 Å². The molecule has 0 saturated heterocycles. The maximum absolute atomic E-state index is 3.58. The summed E-state index contributed by atoms with van der Waals surface area (Å²) in [5, 5.41) is 3.58. The fourth-order valence-electron chi connectivity index (χ4n) is 2.23. The van der Waals surface area contributed by atoms with E-state index in [1.807, 2.05) is 0 Å². The molecular formula is C16H22N2. The van der Waals surface area contributed by atoms with Crippen LogP contribution in [0.25, 0.3) is 0 Å². The first kappa shape index (κ1) is 12.9. The summed E-state index contributed by atoms with van der Waals surface area (Å²) >= 11 is 0. The van der Waals surface area contributed by atoms with Crippen molar-refractivity contribution < 1.29 is 0 Å². The maximum atomic E-state index is 3.58. The molecule has 2 rings (SSSR count). The normalized spacial score (nSPS) is 12.7. The van der Waals surface area contributed by atoms with Gasteiger partial charge >= 0.3 is 0 Å². The molecule has 0 aliphatic rings. The number of aryl methyl sites for hydroxylation is 1. The van der Waals surface area contributed by atoms with Crippen molar-refractivity contribution in [2.75, 3.05) is 0 Å².